The van der Waals surface area contributed by atoms with Crippen LogP contribution in [-0.2, 0) is 0 Å². The summed E-state index contributed by atoms with van der Waals surface area (Å²) in [6, 6.07) is 6.49. The normalized spacial score (nSPS) is 30.9. The van der Waals surface area contributed by atoms with Crippen LogP contribution in [0, 0.1) is 5.92 Å². The number of fused-ring (bicyclic) bond motifs is 1. The van der Waals surface area contributed by atoms with E-state index in [1.54, 1.807) is 0 Å². The van der Waals surface area contributed by atoms with E-state index in [2.05, 4.69) is 39.0 Å². The van der Waals surface area contributed by atoms with Crippen LogP contribution in [0.5, 0.6) is 0 Å². The van der Waals surface area contributed by atoms with Crippen LogP contribution in [-0.4, -0.2) is 23.8 Å². The molecule has 0 amide bonds. The number of benzene rings is 1. The molecule has 1 heterocycles. The number of hydrogen-bond donors (Lipinski definition) is 2. The highest BCUT2D eigenvalue weighted by molar-refractivity contribution is 9.10. The van der Waals surface area contributed by atoms with Crippen molar-refractivity contribution < 1.29 is 5.11 Å². The lowest BCUT2D eigenvalue weighted by Gasteiger charge is -2.48. The zero-order valence-corrected chi connectivity index (χ0v) is 14.3. The van der Waals surface area contributed by atoms with E-state index in [-0.39, 0.29) is 6.04 Å². The van der Waals surface area contributed by atoms with Crippen LogP contribution >= 0.6 is 15.9 Å². The quantitative estimate of drug-likeness (QED) is 0.854. The fourth-order valence-corrected chi connectivity index (χ4v) is 4.62. The fraction of sp³-hybridized carbons (Fsp3) is 0.647. The van der Waals surface area contributed by atoms with Gasteiger partial charge in [0.15, 0.2) is 0 Å². The van der Waals surface area contributed by atoms with E-state index in [1.807, 2.05) is 6.92 Å². The van der Waals surface area contributed by atoms with E-state index < -0.39 is 5.60 Å². The highest BCUT2D eigenvalue weighted by Gasteiger charge is 2.42. The number of aliphatic hydroxyl groups is 1. The lowest BCUT2D eigenvalue weighted by molar-refractivity contribution is -0.0612. The molecule has 3 N–H and O–H groups in total. The molecular formula is C17H25BrN2O. The van der Waals surface area contributed by atoms with E-state index in [9.17, 15) is 5.11 Å². The van der Waals surface area contributed by atoms with Gasteiger partial charge in [-0.25, -0.2) is 0 Å². The summed E-state index contributed by atoms with van der Waals surface area (Å²) in [6.45, 7) is 3.92. The number of piperidine rings is 1. The van der Waals surface area contributed by atoms with Crippen molar-refractivity contribution in [2.75, 3.05) is 18.0 Å². The Morgan fingerprint density at radius 2 is 2.19 bits per heavy atom. The zero-order chi connectivity index (χ0) is 15.0. The third-order valence-electron chi connectivity index (χ3n) is 5.27. The monoisotopic (exact) mass is 352 g/mol. The van der Waals surface area contributed by atoms with E-state index in [0.717, 1.165) is 42.4 Å². The topological polar surface area (TPSA) is 49.5 Å². The van der Waals surface area contributed by atoms with Gasteiger partial charge in [0, 0.05) is 35.2 Å². The molecule has 3 atom stereocenters. The maximum Gasteiger partial charge on any atom is 0.0709 e. The van der Waals surface area contributed by atoms with Crippen LogP contribution in [0.2, 0.25) is 0 Å². The van der Waals surface area contributed by atoms with Gasteiger partial charge < -0.3 is 15.7 Å². The Balaban J connectivity index is 1.78. The molecule has 1 saturated carbocycles. The van der Waals surface area contributed by atoms with Gasteiger partial charge >= 0.3 is 0 Å². The predicted octanol–water partition coefficient (Wildman–Crippen LogP) is 3.60. The molecule has 0 aromatic heterocycles. The summed E-state index contributed by atoms with van der Waals surface area (Å²) in [4.78, 5) is 2.42. The Kier molecular flexibility index (Phi) is 4.30. The van der Waals surface area contributed by atoms with Crippen molar-refractivity contribution in [2.45, 2.75) is 50.7 Å². The molecule has 2 unspecified atom stereocenters. The van der Waals surface area contributed by atoms with Gasteiger partial charge in [-0.1, -0.05) is 34.8 Å². The maximum atomic E-state index is 10.8. The molecule has 2 fully saturated rings. The second-order valence-electron chi connectivity index (χ2n) is 6.74. The Hall–Kier alpha value is -0.580. The van der Waals surface area contributed by atoms with Crippen molar-refractivity contribution >= 4 is 21.6 Å². The first-order valence-corrected chi connectivity index (χ1v) is 8.81. The Bertz CT molecular complexity index is 520. The summed E-state index contributed by atoms with van der Waals surface area (Å²) in [5, 5.41) is 10.8. The predicted molar refractivity (Wildman–Crippen MR) is 90.5 cm³/mol. The first kappa shape index (κ1) is 15.3. The third kappa shape index (κ3) is 2.99. The number of halogens is 1. The average Bonchev–Trinajstić information content (AvgIpc) is 2.45. The molecule has 1 aliphatic carbocycles. The van der Waals surface area contributed by atoms with E-state index in [1.165, 1.54) is 18.5 Å². The second kappa shape index (κ2) is 5.90. The van der Waals surface area contributed by atoms with Gasteiger partial charge in [0.2, 0.25) is 0 Å². The van der Waals surface area contributed by atoms with Gasteiger partial charge in [0.25, 0.3) is 0 Å². The molecule has 1 aromatic carbocycles. The number of hydrogen-bond acceptors (Lipinski definition) is 3. The van der Waals surface area contributed by atoms with Crippen LogP contribution in [0.1, 0.15) is 50.6 Å². The van der Waals surface area contributed by atoms with E-state index in [4.69, 9.17) is 5.73 Å². The van der Waals surface area contributed by atoms with Crippen LogP contribution in [0.15, 0.2) is 22.7 Å². The summed E-state index contributed by atoms with van der Waals surface area (Å²) in [5.74, 6) is 0.423. The Labute approximate surface area is 135 Å². The van der Waals surface area contributed by atoms with Gasteiger partial charge in [-0.2, -0.15) is 0 Å². The third-order valence-corrected chi connectivity index (χ3v) is 5.95. The van der Waals surface area contributed by atoms with Gasteiger partial charge in [-0.15, -0.1) is 0 Å². The van der Waals surface area contributed by atoms with Gasteiger partial charge in [-0.3, -0.25) is 0 Å². The molecule has 4 heteroatoms. The fourth-order valence-electron chi connectivity index (χ4n) is 3.89. The van der Waals surface area contributed by atoms with Crippen molar-refractivity contribution in [3.05, 3.63) is 28.2 Å². The standard InChI is InChI=1S/C17H25BrN2O/c1-12(19)15-6-5-14(10-16(15)18)20-9-8-17(21)7-3-2-4-13(17)11-20/h5-6,10,12-13,21H,2-4,7-9,11,19H2,1H3/t12-,13?,17?/m0/s1. The average molecular weight is 353 g/mol. The van der Waals surface area contributed by atoms with Crippen LogP contribution in [0.25, 0.3) is 0 Å². The maximum absolute atomic E-state index is 10.8. The minimum atomic E-state index is -0.405. The summed E-state index contributed by atoms with van der Waals surface area (Å²) >= 11 is 3.64. The molecule has 0 spiro atoms. The molecule has 3 rings (SSSR count). The number of nitrogens with two attached hydrogens (primary N) is 1. The largest absolute Gasteiger partial charge is 0.389 e. The summed E-state index contributed by atoms with van der Waals surface area (Å²) < 4.78 is 1.08. The molecular weight excluding hydrogens is 328 g/mol. The molecule has 1 aliphatic heterocycles. The van der Waals surface area contributed by atoms with Gasteiger partial charge in [-0.05, 0) is 43.9 Å². The van der Waals surface area contributed by atoms with Crippen LogP contribution in [0.3, 0.4) is 0 Å². The van der Waals surface area contributed by atoms with Crippen molar-refractivity contribution in [1.29, 1.82) is 0 Å². The SMILES string of the molecule is C[C@H](N)c1ccc(N2CCC3(O)CCCCC3C2)cc1Br. The summed E-state index contributed by atoms with van der Waals surface area (Å²) in [5.41, 5.74) is 7.94. The summed E-state index contributed by atoms with van der Waals surface area (Å²) in [7, 11) is 0. The van der Waals surface area contributed by atoms with E-state index in [0.29, 0.717) is 5.92 Å². The number of nitrogens with zero attached hydrogens (tertiary/aromatic N) is 1. The molecule has 0 radical (unpaired) electrons. The Morgan fingerprint density at radius 1 is 1.38 bits per heavy atom. The molecule has 0 bridgehead atoms. The first-order chi connectivity index (χ1) is 9.99. The Morgan fingerprint density at radius 3 is 2.90 bits per heavy atom. The smallest absolute Gasteiger partial charge is 0.0709 e. The second-order valence-corrected chi connectivity index (χ2v) is 7.59. The van der Waals surface area contributed by atoms with Gasteiger partial charge in [0.05, 0.1) is 5.60 Å². The first-order valence-electron chi connectivity index (χ1n) is 8.02. The van der Waals surface area contributed by atoms with Crippen molar-refractivity contribution in [3.8, 4) is 0 Å². The minimum Gasteiger partial charge on any atom is -0.389 e. The number of anilines is 1. The van der Waals surface area contributed by atoms with Gasteiger partial charge in [0.1, 0.15) is 0 Å². The molecule has 1 aromatic rings. The highest BCUT2D eigenvalue weighted by Crippen LogP contribution is 2.41. The van der Waals surface area contributed by atoms with Crippen LogP contribution in [0.4, 0.5) is 5.69 Å². The minimum absolute atomic E-state index is 0.0400. The summed E-state index contributed by atoms with van der Waals surface area (Å²) in [6.07, 6.45) is 5.48. The van der Waals surface area contributed by atoms with Crippen molar-refractivity contribution in [3.63, 3.8) is 0 Å². The molecule has 21 heavy (non-hydrogen) atoms. The molecule has 1 saturated heterocycles. The van der Waals surface area contributed by atoms with Crippen LogP contribution < -0.4 is 10.6 Å². The van der Waals surface area contributed by atoms with E-state index >= 15 is 0 Å². The number of rotatable bonds is 2. The van der Waals surface area contributed by atoms with Crippen molar-refractivity contribution in [2.24, 2.45) is 11.7 Å². The zero-order valence-electron chi connectivity index (χ0n) is 12.7. The van der Waals surface area contributed by atoms with Crippen molar-refractivity contribution in [1.82, 2.24) is 0 Å². The lowest BCUT2D eigenvalue weighted by atomic mass is 9.71. The molecule has 2 aliphatic rings. The highest BCUT2D eigenvalue weighted by atomic mass is 79.9. The lowest BCUT2D eigenvalue weighted by Crippen LogP contribution is -2.53. The molecule has 3 nitrogen and oxygen atoms in total. The molecule has 116 valence electrons.